The largest absolute Gasteiger partial charge is 0.501 e. The molecule has 1 saturated heterocycles. The van der Waals surface area contributed by atoms with Gasteiger partial charge in [-0.25, -0.2) is 9.37 Å². The first-order valence-corrected chi connectivity index (χ1v) is 14.3. The van der Waals surface area contributed by atoms with Crippen molar-refractivity contribution < 1.29 is 28.9 Å². The lowest BCUT2D eigenvalue weighted by atomic mass is 9.68. The molecule has 1 aliphatic carbocycles. The number of nitrogens with zero attached hydrogens (tertiary/aromatic N) is 4. The van der Waals surface area contributed by atoms with Gasteiger partial charge in [0, 0.05) is 52.2 Å². The van der Waals surface area contributed by atoms with E-state index in [-0.39, 0.29) is 30.1 Å². The predicted molar refractivity (Wildman–Crippen MR) is 150 cm³/mol. The molecule has 3 aliphatic heterocycles. The van der Waals surface area contributed by atoms with Crippen LogP contribution in [0.5, 0.6) is 5.75 Å². The molecule has 4 N–H and O–H groups in total. The Labute approximate surface area is 243 Å². The highest BCUT2D eigenvalue weighted by atomic mass is 19.1. The Morgan fingerprint density at radius 2 is 1.88 bits per heavy atom. The van der Waals surface area contributed by atoms with Crippen molar-refractivity contribution in [1.82, 2.24) is 30.0 Å². The van der Waals surface area contributed by atoms with Crippen molar-refractivity contribution >= 4 is 11.8 Å². The average Bonchev–Trinajstić information content (AvgIpc) is 3.18. The molecule has 12 nitrogen and oxygen atoms in total. The lowest BCUT2D eigenvalue weighted by Gasteiger charge is -2.45. The van der Waals surface area contributed by atoms with Crippen LogP contribution in [0.15, 0.2) is 23.0 Å². The number of fused-ring (bicyclic) bond motifs is 2. The summed E-state index contributed by atoms with van der Waals surface area (Å²) in [5.74, 6) is -2.25. The van der Waals surface area contributed by atoms with Gasteiger partial charge in [0.1, 0.15) is 11.6 Å². The van der Waals surface area contributed by atoms with E-state index in [9.17, 15) is 29.0 Å². The maximum Gasteiger partial charge on any atom is 0.296 e. The van der Waals surface area contributed by atoms with Gasteiger partial charge in [-0.2, -0.15) is 0 Å². The van der Waals surface area contributed by atoms with Gasteiger partial charge < -0.3 is 25.2 Å². The number of carbonyl (C=O) groups is 2. The van der Waals surface area contributed by atoms with E-state index < -0.39 is 40.6 Å². The van der Waals surface area contributed by atoms with Crippen LogP contribution in [0.3, 0.4) is 0 Å². The second-order valence-corrected chi connectivity index (χ2v) is 12.0. The van der Waals surface area contributed by atoms with Crippen LogP contribution in [0.4, 0.5) is 4.39 Å². The van der Waals surface area contributed by atoms with Gasteiger partial charge in [-0.1, -0.05) is 12.1 Å². The zero-order valence-corrected chi connectivity index (χ0v) is 24.3. The molecule has 4 heterocycles. The third kappa shape index (κ3) is 5.78. The average molecular weight is 587 g/mol. The standard InChI is InChI=1S/C29H39FN6O6/c1-18-14-19(4-5-20(18)30)15-31-23(38)21-22(37)25(40)36-17-28(16-35-10-12-42-13-11-35)6-8-29(9-7-28,27(36)32-21)33-24(39)26(41)34(2)3/h4-5,14,24,33,37,39H,6-13,15-17H2,1-3H3,(H,31,38). The highest BCUT2D eigenvalue weighted by molar-refractivity contribution is 5.94. The lowest BCUT2D eigenvalue weighted by molar-refractivity contribution is -0.141. The van der Waals surface area contributed by atoms with Crippen LogP contribution < -0.4 is 16.2 Å². The van der Waals surface area contributed by atoms with E-state index in [2.05, 4.69) is 20.5 Å². The number of halogens is 1. The Morgan fingerprint density at radius 3 is 2.52 bits per heavy atom. The molecular formula is C29H39FN6O6. The first-order valence-electron chi connectivity index (χ1n) is 14.3. The number of aryl methyl sites for hydroxylation is 1. The molecule has 1 aromatic heterocycles. The number of likely N-dealkylation sites (N-methyl/N-ethyl adjacent to an activating group) is 1. The minimum absolute atomic E-state index is 0.0294. The summed E-state index contributed by atoms with van der Waals surface area (Å²) in [7, 11) is 3.07. The van der Waals surface area contributed by atoms with Gasteiger partial charge in [-0.15, -0.1) is 0 Å². The Kier molecular flexibility index (Phi) is 8.39. The third-order valence-electron chi connectivity index (χ3n) is 8.87. The zero-order chi connectivity index (χ0) is 30.2. The monoisotopic (exact) mass is 586 g/mol. The molecule has 2 bridgehead atoms. The molecule has 1 aromatic carbocycles. The molecule has 2 fully saturated rings. The van der Waals surface area contributed by atoms with Gasteiger partial charge in [0.25, 0.3) is 17.4 Å². The van der Waals surface area contributed by atoms with Gasteiger partial charge in [-0.05, 0) is 49.8 Å². The topological polar surface area (TPSA) is 149 Å². The van der Waals surface area contributed by atoms with Crippen molar-refractivity contribution in [1.29, 1.82) is 0 Å². The highest BCUT2D eigenvalue weighted by Crippen LogP contribution is 2.50. The molecule has 6 rings (SSSR count). The van der Waals surface area contributed by atoms with Gasteiger partial charge >= 0.3 is 0 Å². The summed E-state index contributed by atoms with van der Waals surface area (Å²) in [6.45, 7) is 5.46. The number of hydrogen-bond donors (Lipinski definition) is 4. The van der Waals surface area contributed by atoms with Gasteiger partial charge in [-0.3, -0.25) is 29.2 Å². The van der Waals surface area contributed by atoms with E-state index in [1.807, 2.05) is 0 Å². The minimum atomic E-state index is -1.57. The molecule has 1 saturated carbocycles. The second-order valence-electron chi connectivity index (χ2n) is 12.0. The van der Waals surface area contributed by atoms with E-state index in [1.54, 1.807) is 13.0 Å². The van der Waals surface area contributed by atoms with Crippen molar-refractivity contribution in [3.8, 4) is 5.75 Å². The van der Waals surface area contributed by atoms with Crippen molar-refractivity contribution in [2.24, 2.45) is 5.41 Å². The number of nitrogens with one attached hydrogen (secondary N) is 2. The predicted octanol–water partition coefficient (Wildman–Crippen LogP) is 0.424. The van der Waals surface area contributed by atoms with Crippen LogP contribution in [-0.4, -0.2) is 94.5 Å². The number of aliphatic hydroxyl groups is 1. The van der Waals surface area contributed by atoms with Crippen LogP contribution in [0.1, 0.15) is 53.1 Å². The summed E-state index contributed by atoms with van der Waals surface area (Å²) in [5, 5.41) is 27.5. The summed E-state index contributed by atoms with van der Waals surface area (Å²) in [4.78, 5) is 47.8. The molecule has 42 heavy (non-hydrogen) atoms. The number of aliphatic hydroxyl groups excluding tert-OH is 1. The zero-order valence-electron chi connectivity index (χ0n) is 24.3. The number of aromatic hydroxyl groups is 1. The van der Waals surface area contributed by atoms with E-state index in [4.69, 9.17) is 4.74 Å². The Hall–Kier alpha value is -3.39. The summed E-state index contributed by atoms with van der Waals surface area (Å²) >= 11 is 0. The van der Waals surface area contributed by atoms with Gasteiger partial charge in [0.2, 0.25) is 5.75 Å². The fourth-order valence-corrected chi connectivity index (χ4v) is 6.44. The Bertz CT molecular complexity index is 1410. The quantitative estimate of drug-likeness (QED) is 0.323. The number of hydrogen-bond acceptors (Lipinski definition) is 9. The number of morpholine rings is 1. The molecule has 13 heteroatoms. The van der Waals surface area contributed by atoms with Crippen LogP contribution in [-0.2, 0) is 28.2 Å². The van der Waals surface area contributed by atoms with E-state index >= 15 is 0 Å². The number of carbonyl (C=O) groups excluding carboxylic acids is 2. The number of rotatable bonds is 8. The molecule has 228 valence electrons. The smallest absolute Gasteiger partial charge is 0.296 e. The molecule has 2 aromatic rings. The second kappa shape index (κ2) is 11.7. The number of amides is 2. The molecular weight excluding hydrogens is 547 g/mol. The van der Waals surface area contributed by atoms with Crippen LogP contribution in [0, 0.1) is 18.2 Å². The SMILES string of the molecule is Cc1cc(CNC(=O)c2nc3n(c(=O)c2O)CC2(CN4CCOCC4)CCC3(NC(O)C(=O)N(C)C)CC2)ccc1F. The maximum atomic E-state index is 13.7. The van der Waals surface area contributed by atoms with Crippen LogP contribution in [0.25, 0.3) is 0 Å². The fraction of sp³-hybridized carbons (Fsp3) is 0.586. The van der Waals surface area contributed by atoms with E-state index in [1.165, 1.54) is 35.7 Å². The normalized spacial score (nSPS) is 24.5. The third-order valence-corrected chi connectivity index (χ3v) is 8.87. The number of benzene rings is 1. The van der Waals surface area contributed by atoms with Crippen LogP contribution in [0.2, 0.25) is 0 Å². The lowest BCUT2D eigenvalue weighted by Crippen LogP contribution is -2.56. The van der Waals surface area contributed by atoms with Gasteiger partial charge in [0.15, 0.2) is 11.9 Å². The fourth-order valence-electron chi connectivity index (χ4n) is 6.44. The number of aromatic nitrogens is 2. The highest BCUT2D eigenvalue weighted by Gasteiger charge is 2.52. The summed E-state index contributed by atoms with van der Waals surface area (Å²) in [6.07, 6.45) is 0.706. The molecule has 4 aliphatic rings. The molecule has 0 spiro atoms. The summed E-state index contributed by atoms with van der Waals surface area (Å²) in [6, 6.07) is 4.44. The summed E-state index contributed by atoms with van der Waals surface area (Å²) < 4.78 is 20.6. The molecule has 0 radical (unpaired) electrons. The molecule has 1 unspecified atom stereocenters. The first-order chi connectivity index (χ1) is 19.9. The van der Waals surface area contributed by atoms with Crippen molar-refractivity contribution in [2.75, 3.05) is 46.9 Å². The summed E-state index contributed by atoms with van der Waals surface area (Å²) in [5.41, 5.74) is -1.53. The van der Waals surface area contributed by atoms with E-state index in [0.29, 0.717) is 50.0 Å². The molecule has 1 atom stereocenters. The van der Waals surface area contributed by atoms with Crippen LogP contribution >= 0.6 is 0 Å². The number of ether oxygens (including phenoxy) is 1. The first kappa shape index (κ1) is 30.1. The van der Waals surface area contributed by atoms with E-state index in [0.717, 1.165) is 19.6 Å². The van der Waals surface area contributed by atoms with Gasteiger partial charge in [0.05, 0.1) is 18.8 Å². The van der Waals surface area contributed by atoms with Crippen molar-refractivity contribution in [3.63, 3.8) is 0 Å². The minimum Gasteiger partial charge on any atom is -0.501 e. The van der Waals surface area contributed by atoms with Crippen molar-refractivity contribution in [3.05, 3.63) is 57.0 Å². The Morgan fingerprint density at radius 1 is 1.19 bits per heavy atom. The Balaban J connectivity index is 1.51. The van der Waals surface area contributed by atoms with Crippen molar-refractivity contribution in [2.45, 2.75) is 57.5 Å². The molecule has 2 amide bonds. The maximum absolute atomic E-state index is 13.7.